The molecule has 0 radical (unpaired) electrons. The van der Waals surface area contributed by atoms with Crippen LogP contribution >= 0.6 is 11.3 Å². The average molecular weight is 415 g/mol. The van der Waals surface area contributed by atoms with Gasteiger partial charge in [0, 0.05) is 23.1 Å². The molecule has 5 heteroatoms. The summed E-state index contributed by atoms with van der Waals surface area (Å²) in [5.41, 5.74) is 4.16. The predicted octanol–water partition coefficient (Wildman–Crippen LogP) is 6.40. The third kappa shape index (κ3) is 5.13. The Kier molecular flexibility index (Phi) is 5.91. The monoisotopic (exact) mass is 414 g/mol. The first-order valence-electron chi connectivity index (χ1n) is 9.71. The van der Waals surface area contributed by atoms with Crippen molar-refractivity contribution < 1.29 is 9.53 Å². The van der Waals surface area contributed by atoms with Crippen molar-refractivity contribution in [2.24, 2.45) is 0 Å². The van der Waals surface area contributed by atoms with E-state index in [0.29, 0.717) is 16.4 Å². The maximum atomic E-state index is 12.6. The Labute approximate surface area is 180 Å². The molecule has 0 aliphatic heterocycles. The summed E-state index contributed by atoms with van der Waals surface area (Å²) in [5, 5.41) is 3.48. The van der Waals surface area contributed by atoms with Crippen LogP contribution in [0.3, 0.4) is 0 Å². The Morgan fingerprint density at radius 3 is 2.40 bits per heavy atom. The largest absolute Gasteiger partial charge is 0.457 e. The fourth-order valence-electron chi connectivity index (χ4n) is 3.13. The van der Waals surface area contributed by atoms with Gasteiger partial charge in [0.2, 0.25) is 0 Å². The lowest BCUT2D eigenvalue weighted by Crippen LogP contribution is -2.11. The van der Waals surface area contributed by atoms with E-state index in [1.165, 1.54) is 22.5 Å². The van der Waals surface area contributed by atoms with E-state index in [1.54, 1.807) is 24.3 Å². The van der Waals surface area contributed by atoms with Gasteiger partial charge in [-0.05, 0) is 61.4 Å². The van der Waals surface area contributed by atoms with E-state index in [1.807, 2.05) is 37.4 Å². The van der Waals surface area contributed by atoms with Crippen molar-refractivity contribution >= 4 is 22.4 Å². The van der Waals surface area contributed by atoms with Crippen LogP contribution in [0.5, 0.6) is 11.5 Å². The zero-order chi connectivity index (χ0) is 20.9. The van der Waals surface area contributed by atoms with Crippen LogP contribution in [-0.2, 0) is 6.42 Å². The third-order valence-electron chi connectivity index (χ3n) is 4.58. The van der Waals surface area contributed by atoms with Gasteiger partial charge in [-0.2, -0.15) is 0 Å². The van der Waals surface area contributed by atoms with E-state index in [2.05, 4.69) is 41.5 Å². The zero-order valence-corrected chi connectivity index (χ0v) is 17.7. The highest BCUT2D eigenvalue weighted by atomic mass is 32.1. The zero-order valence-electron chi connectivity index (χ0n) is 16.9. The van der Waals surface area contributed by atoms with Gasteiger partial charge < -0.3 is 4.74 Å². The summed E-state index contributed by atoms with van der Waals surface area (Å²) in [6, 6.07) is 23.3. The quantitative estimate of drug-likeness (QED) is 0.397. The summed E-state index contributed by atoms with van der Waals surface area (Å²) in [5.74, 6) is 1.27. The number of carbonyl (C=O) groups is 1. The molecule has 1 heterocycles. The number of nitrogens with one attached hydrogen (secondary N) is 1. The van der Waals surface area contributed by atoms with Crippen LogP contribution in [-0.4, -0.2) is 10.9 Å². The van der Waals surface area contributed by atoms with Gasteiger partial charge in [-0.15, -0.1) is 11.3 Å². The molecule has 0 saturated heterocycles. The van der Waals surface area contributed by atoms with E-state index < -0.39 is 0 Å². The second-order valence-corrected chi connectivity index (χ2v) is 8.31. The molecule has 1 aromatic heterocycles. The molecular formula is C25H22N2O2S. The van der Waals surface area contributed by atoms with Crippen molar-refractivity contribution in [3.8, 4) is 11.5 Å². The molecule has 0 aliphatic carbocycles. The second-order valence-electron chi connectivity index (χ2n) is 7.19. The molecule has 0 atom stereocenters. The molecule has 0 spiro atoms. The van der Waals surface area contributed by atoms with Gasteiger partial charge in [-0.1, -0.05) is 42.0 Å². The third-order valence-corrected chi connectivity index (χ3v) is 5.49. The van der Waals surface area contributed by atoms with Gasteiger partial charge in [0.25, 0.3) is 5.91 Å². The predicted molar refractivity (Wildman–Crippen MR) is 122 cm³/mol. The van der Waals surface area contributed by atoms with Crippen LogP contribution in [0.2, 0.25) is 0 Å². The molecule has 30 heavy (non-hydrogen) atoms. The molecule has 0 unspecified atom stereocenters. The van der Waals surface area contributed by atoms with Crippen molar-refractivity contribution in [3.05, 3.63) is 106 Å². The number of aryl methyl sites for hydroxylation is 2. The van der Waals surface area contributed by atoms with Crippen LogP contribution in [0.1, 0.15) is 31.9 Å². The number of amides is 1. The number of aromatic nitrogens is 1. The number of rotatable bonds is 6. The maximum absolute atomic E-state index is 12.6. The van der Waals surface area contributed by atoms with Gasteiger partial charge in [0.1, 0.15) is 11.5 Å². The summed E-state index contributed by atoms with van der Waals surface area (Å²) < 4.78 is 5.84. The lowest BCUT2D eigenvalue weighted by molar-refractivity contribution is 0.102. The molecule has 0 saturated carbocycles. The molecule has 4 aromatic rings. The summed E-state index contributed by atoms with van der Waals surface area (Å²) in [4.78, 5) is 18.0. The van der Waals surface area contributed by atoms with Crippen molar-refractivity contribution in [2.75, 3.05) is 5.32 Å². The van der Waals surface area contributed by atoms with Gasteiger partial charge in [0.15, 0.2) is 5.13 Å². The lowest BCUT2D eigenvalue weighted by atomic mass is 10.1. The standard InChI is InChI=1S/C25H22N2O2S/c1-17-5-3-7-19(13-17)15-23-16-26-25(30-23)27-24(28)20-9-11-21(12-10-20)29-22-8-4-6-18(2)14-22/h3-14,16H,15H2,1-2H3,(H,26,27,28). The van der Waals surface area contributed by atoms with Crippen molar-refractivity contribution in [1.82, 2.24) is 4.98 Å². The Bertz CT molecular complexity index is 1170. The Balaban J connectivity index is 1.37. The normalized spacial score (nSPS) is 10.6. The number of carbonyl (C=O) groups excluding carboxylic acids is 1. The minimum Gasteiger partial charge on any atom is -0.457 e. The van der Waals surface area contributed by atoms with E-state index in [0.717, 1.165) is 22.6 Å². The van der Waals surface area contributed by atoms with Crippen molar-refractivity contribution in [1.29, 1.82) is 0 Å². The summed E-state index contributed by atoms with van der Waals surface area (Å²) in [6.45, 7) is 4.10. The number of hydrogen-bond acceptors (Lipinski definition) is 4. The molecule has 1 amide bonds. The Hall–Kier alpha value is -3.44. The highest BCUT2D eigenvalue weighted by molar-refractivity contribution is 7.15. The summed E-state index contributed by atoms with van der Waals surface area (Å²) in [7, 11) is 0. The number of ether oxygens (including phenoxy) is 1. The SMILES string of the molecule is Cc1cccc(Cc2cnc(NC(=O)c3ccc(Oc4cccc(C)c4)cc3)s2)c1. The van der Waals surface area contributed by atoms with Gasteiger partial charge in [0.05, 0.1) is 0 Å². The first-order chi connectivity index (χ1) is 14.5. The number of anilines is 1. The minimum atomic E-state index is -0.187. The molecular weight excluding hydrogens is 392 g/mol. The molecule has 4 rings (SSSR count). The molecule has 4 nitrogen and oxygen atoms in total. The van der Waals surface area contributed by atoms with Crippen molar-refractivity contribution in [3.63, 3.8) is 0 Å². The van der Waals surface area contributed by atoms with E-state index in [-0.39, 0.29) is 5.91 Å². The number of hydrogen-bond donors (Lipinski definition) is 1. The minimum absolute atomic E-state index is 0.187. The van der Waals surface area contributed by atoms with Crippen molar-refractivity contribution in [2.45, 2.75) is 20.3 Å². The van der Waals surface area contributed by atoms with Crippen LogP contribution < -0.4 is 10.1 Å². The highest BCUT2D eigenvalue weighted by Crippen LogP contribution is 2.24. The lowest BCUT2D eigenvalue weighted by Gasteiger charge is -2.07. The van der Waals surface area contributed by atoms with E-state index in [4.69, 9.17) is 4.74 Å². The van der Waals surface area contributed by atoms with Crippen LogP contribution in [0.25, 0.3) is 0 Å². The molecule has 150 valence electrons. The first kappa shape index (κ1) is 19.9. The molecule has 1 N–H and O–H groups in total. The second kappa shape index (κ2) is 8.93. The van der Waals surface area contributed by atoms with Gasteiger partial charge >= 0.3 is 0 Å². The topological polar surface area (TPSA) is 51.2 Å². The Morgan fingerprint density at radius 2 is 1.67 bits per heavy atom. The Morgan fingerprint density at radius 1 is 0.933 bits per heavy atom. The number of thiazole rings is 1. The van der Waals surface area contributed by atoms with Gasteiger partial charge in [-0.3, -0.25) is 10.1 Å². The average Bonchev–Trinajstić information content (AvgIpc) is 3.15. The number of nitrogens with zero attached hydrogens (tertiary/aromatic N) is 1. The molecule has 0 aliphatic rings. The first-order valence-corrected chi connectivity index (χ1v) is 10.5. The molecule has 3 aromatic carbocycles. The van der Waals surface area contributed by atoms with Crippen LogP contribution in [0.4, 0.5) is 5.13 Å². The molecule has 0 bridgehead atoms. The van der Waals surface area contributed by atoms with E-state index in [9.17, 15) is 4.79 Å². The van der Waals surface area contributed by atoms with E-state index >= 15 is 0 Å². The molecule has 0 fully saturated rings. The fraction of sp³-hybridized carbons (Fsp3) is 0.120. The fourth-order valence-corrected chi connectivity index (χ4v) is 3.97. The highest BCUT2D eigenvalue weighted by Gasteiger charge is 2.10. The summed E-state index contributed by atoms with van der Waals surface area (Å²) in [6.07, 6.45) is 2.63. The van der Waals surface area contributed by atoms with Crippen LogP contribution in [0.15, 0.2) is 79.0 Å². The van der Waals surface area contributed by atoms with Crippen LogP contribution in [0, 0.1) is 13.8 Å². The van der Waals surface area contributed by atoms with Gasteiger partial charge in [-0.25, -0.2) is 4.98 Å². The maximum Gasteiger partial charge on any atom is 0.257 e. The summed E-state index contributed by atoms with van der Waals surface area (Å²) >= 11 is 1.50. The number of benzene rings is 3. The smallest absolute Gasteiger partial charge is 0.257 e.